The molecule has 0 fully saturated rings. The molecule has 2 amide bonds. The van der Waals surface area contributed by atoms with E-state index in [4.69, 9.17) is 14.9 Å². The van der Waals surface area contributed by atoms with Crippen LogP contribution in [-0.2, 0) is 9.53 Å². The van der Waals surface area contributed by atoms with E-state index < -0.39 is 23.4 Å². The average Bonchev–Trinajstić information content (AvgIpc) is 2.58. The Labute approximate surface area is 169 Å². The normalized spacial score (nSPS) is 12.4. The van der Waals surface area contributed by atoms with Crippen molar-refractivity contribution < 1.29 is 18.7 Å². The van der Waals surface area contributed by atoms with E-state index in [1.54, 1.807) is 39.0 Å². The molecule has 0 radical (unpaired) electrons. The quantitative estimate of drug-likeness (QED) is 0.482. The van der Waals surface area contributed by atoms with Crippen molar-refractivity contribution in [2.24, 2.45) is 5.73 Å². The number of fused-ring (bicyclic) bond motifs is 1. The molecule has 29 heavy (non-hydrogen) atoms. The van der Waals surface area contributed by atoms with Crippen LogP contribution in [0.15, 0.2) is 33.5 Å². The van der Waals surface area contributed by atoms with Crippen molar-refractivity contribution in [2.75, 3.05) is 11.9 Å². The van der Waals surface area contributed by atoms with Gasteiger partial charge in [-0.2, -0.15) is 0 Å². The number of anilines is 1. The summed E-state index contributed by atoms with van der Waals surface area (Å²) in [5.41, 5.74) is 6.04. The minimum atomic E-state index is -0.781. The van der Waals surface area contributed by atoms with Gasteiger partial charge in [-0.25, -0.2) is 9.59 Å². The standard InChI is InChI=1S/C21H29N3O5/c1-13-11-18(25)28-17-12-14(8-9-15(13)17)23-19(26)16(7-5-6-10-22)24-20(27)29-21(2,3)4/h8-9,11-12,16H,5-7,10,22H2,1-4H3,(H,23,26)(H,24,27)/t16-/m0/s1. The maximum absolute atomic E-state index is 12.8. The monoisotopic (exact) mass is 403 g/mol. The Morgan fingerprint density at radius 3 is 2.59 bits per heavy atom. The number of ether oxygens (including phenoxy) is 1. The number of unbranched alkanes of at least 4 members (excludes halogenated alkanes) is 1. The van der Waals surface area contributed by atoms with Gasteiger partial charge >= 0.3 is 11.7 Å². The van der Waals surface area contributed by atoms with E-state index in [-0.39, 0.29) is 5.91 Å². The van der Waals surface area contributed by atoms with Crippen molar-refractivity contribution in [1.82, 2.24) is 5.32 Å². The Morgan fingerprint density at radius 2 is 1.93 bits per heavy atom. The third kappa shape index (κ3) is 6.90. The second kappa shape index (κ2) is 9.56. The summed E-state index contributed by atoms with van der Waals surface area (Å²) < 4.78 is 10.5. The summed E-state index contributed by atoms with van der Waals surface area (Å²) in [4.78, 5) is 36.5. The van der Waals surface area contributed by atoms with Crippen LogP contribution in [0.3, 0.4) is 0 Å². The summed E-state index contributed by atoms with van der Waals surface area (Å²) in [6.07, 6.45) is 1.17. The molecule has 0 aliphatic rings. The fraction of sp³-hybridized carbons (Fsp3) is 0.476. The van der Waals surface area contributed by atoms with Gasteiger partial charge in [0.25, 0.3) is 0 Å². The van der Waals surface area contributed by atoms with Gasteiger partial charge in [0, 0.05) is 23.2 Å². The number of carbonyl (C=O) groups is 2. The molecule has 0 spiro atoms. The van der Waals surface area contributed by atoms with Crippen LogP contribution in [-0.4, -0.2) is 30.2 Å². The van der Waals surface area contributed by atoms with Crippen molar-refractivity contribution in [1.29, 1.82) is 0 Å². The van der Waals surface area contributed by atoms with Crippen LogP contribution in [0.1, 0.15) is 45.6 Å². The van der Waals surface area contributed by atoms with Crippen molar-refractivity contribution in [2.45, 2.75) is 58.6 Å². The third-order valence-electron chi connectivity index (χ3n) is 4.17. The van der Waals surface area contributed by atoms with Gasteiger partial charge in [0.05, 0.1) is 0 Å². The Morgan fingerprint density at radius 1 is 1.21 bits per heavy atom. The number of nitrogens with one attached hydrogen (secondary N) is 2. The molecule has 0 unspecified atom stereocenters. The Hall–Kier alpha value is -2.87. The van der Waals surface area contributed by atoms with E-state index in [0.29, 0.717) is 30.7 Å². The average molecular weight is 403 g/mol. The number of benzene rings is 1. The third-order valence-corrected chi connectivity index (χ3v) is 4.17. The lowest BCUT2D eigenvalue weighted by atomic mass is 10.1. The van der Waals surface area contributed by atoms with Gasteiger partial charge in [-0.15, -0.1) is 0 Å². The highest BCUT2D eigenvalue weighted by atomic mass is 16.6. The van der Waals surface area contributed by atoms with Gasteiger partial charge < -0.3 is 25.5 Å². The smallest absolute Gasteiger partial charge is 0.408 e. The van der Waals surface area contributed by atoms with Gasteiger partial charge in [-0.1, -0.05) is 0 Å². The summed E-state index contributed by atoms with van der Waals surface area (Å²) in [6, 6.07) is 5.72. The minimum Gasteiger partial charge on any atom is -0.444 e. The largest absolute Gasteiger partial charge is 0.444 e. The summed E-state index contributed by atoms with van der Waals surface area (Å²) >= 11 is 0. The molecular weight excluding hydrogens is 374 g/mol. The SMILES string of the molecule is Cc1cc(=O)oc2cc(NC(=O)[C@H](CCCCN)NC(=O)OC(C)(C)C)ccc12. The van der Waals surface area contributed by atoms with Crippen molar-refractivity contribution in [3.63, 3.8) is 0 Å². The molecule has 1 aromatic carbocycles. The van der Waals surface area contributed by atoms with E-state index in [1.165, 1.54) is 6.07 Å². The van der Waals surface area contributed by atoms with E-state index in [1.807, 2.05) is 6.92 Å². The second-order valence-electron chi connectivity index (χ2n) is 7.93. The van der Waals surface area contributed by atoms with Crippen LogP contribution in [0.5, 0.6) is 0 Å². The number of aryl methyl sites for hydroxylation is 1. The summed E-state index contributed by atoms with van der Waals surface area (Å²) in [5, 5.41) is 6.17. The molecule has 1 heterocycles. The Balaban J connectivity index is 2.16. The molecule has 158 valence electrons. The molecule has 0 aliphatic heterocycles. The number of carbonyl (C=O) groups excluding carboxylic acids is 2. The van der Waals surface area contributed by atoms with E-state index in [0.717, 1.165) is 17.4 Å². The molecule has 0 aliphatic carbocycles. The van der Waals surface area contributed by atoms with Crippen molar-refractivity contribution in [3.05, 3.63) is 40.2 Å². The number of nitrogens with two attached hydrogens (primary N) is 1. The van der Waals surface area contributed by atoms with Crippen LogP contribution in [0.4, 0.5) is 10.5 Å². The molecule has 1 atom stereocenters. The zero-order valence-electron chi connectivity index (χ0n) is 17.3. The van der Waals surface area contributed by atoms with Crippen LogP contribution >= 0.6 is 0 Å². The first kappa shape index (κ1) is 22.4. The predicted molar refractivity (Wildman–Crippen MR) is 112 cm³/mol. The van der Waals surface area contributed by atoms with E-state index >= 15 is 0 Å². The summed E-state index contributed by atoms with van der Waals surface area (Å²) in [6.45, 7) is 7.57. The minimum absolute atomic E-state index is 0.382. The number of rotatable bonds is 7. The molecule has 1 aromatic heterocycles. The maximum atomic E-state index is 12.8. The molecule has 8 nitrogen and oxygen atoms in total. The number of alkyl carbamates (subject to hydrolysis) is 1. The van der Waals surface area contributed by atoms with Gasteiger partial charge in [0.1, 0.15) is 17.2 Å². The van der Waals surface area contributed by atoms with Gasteiger partial charge in [-0.3, -0.25) is 4.79 Å². The summed E-state index contributed by atoms with van der Waals surface area (Å²) in [5.74, 6) is -0.387. The van der Waals surface area contributed by atoms with Crippen molar-refractivity contribution >= 4 is 28.7 Å². The first-order chi connectivity index (χ1) is 13.6. The second-order valence-corrected chi connectivity index (χ2v) is 7.93. The lowest BCUT2D eigenvalue weighted by Crippen LogP contribution is -2.45. The zero-order chi connectivity index (χ0) is 21.6. The van der Waals surface area contributed by atoms with E-state index in [9.17, 15) is 14.4 Å². The fourth-order valence-corrected chi connectivity index (χ4v) is 2.84. The van der Waals surface area contributed by atoms with Crippen LogP contribution in [0, 0.1) is 6.92 Å². The highest BCUT2D eigenvalue weighted by Crippen LogP contribution is 2.21. The maximum Gasteiger partial charge on any atom is 0.408 e. The number of hydrogen-bond donors (Lipinski definition) is 3. The lowest BCUT2D eigenvalue weighted by molar-refractivity contribution is -0.118. The van der Waals surface area contributed by atoms with Crippen LogP contribution < -0.4 is 22.0 Å². The zero-order valence-corrected chi connectivity index (χ0v) is 17.3. The first-order valence-corrected chi connectivity index (χ1v) is 9.64. The Bertz CT molecular complexity index is 930. The number of hydrogen-bond acceptors (Lipinski definition) is 6. The molecule has 0 bridgehead atoms. The number of amides is 2. The first-order valence-electron chi connectivity index (χ1n) is 9.64. The topological polar surface area (TPSA) is 124 Å². The van der Waals surface area contributed by atoms with Crippen LogP contribution in [0.25, 0.3) is 11.0 Å². The lowest BCUT2D eigenvalue weighted by Gasteiger charge is -2.23. The molecule has 2 aromatic rings. The highest BCUT2D eigenvalue weighted by Gasteiger charge is 2.24. The van der Waals surface area contributed by atoms with E-state index in [2.05, 4.69) is 10.6 Å². The molecule has 0 saturated carbocycles. The fourth-order valence-electron chi connectivity index (χ4n) is 2.84. The molecule has 2 rings (SSSR count). The molecule has 4 N–H and O–H groups in total. The Kier molecular flexibility index (Phi) is 7.39. The highest BCUT2D eigenvalue weighted by molar-refractivity contribution is 5.98. The van der Waals surface area contributed by atoms with Crippen LogP contribution in [0.2, 0.25) is 0 Å². The van der Waals surface area contributed by atoms with Gasteiger partial charge in [-0.05, 0) is 71.2 Å². The predicted octanol–water partition coefficient (Wildman–Crippen LogP) is 3.06. The molecule has 0 saturated heterocycles. The summed E-state index contributed by atoms with van der Waals surface area (Å²) in [7, 11) is 0. The van der Waals surface area contributed by atoms with Gasteiger partial charge in [0.2, 0.25) is 5.91 Å². The molecule has 8 heteroatoms. The van der Waals surface area contributed by atoms with Gasteiger partial charge in [0.15, 0.2) is 0 Å². The van der Waals surface area contributed by atoms with Crippen molar-refractivity contribution in [3.8, 4) is 0 Å². The molecular formula is C21H29N3O5.